The van der Waals surface area contributed by atoms with Gasteiger partial charge in [-0.3, -0.25) is 4.90 Å². The molecule has 0 saturated heterocycles. The summed E-state index contributed by atoms with van der Waals surface area (Å²) in [6.45, 7) is 3.68. The van der Waals surface area contributed by atoms with E-state index in [1.807, 2.05) is 6.92 Å². The van der Waals surface area contributed by atoms with Crippen molar-refractivity contribution in [2.45, 2.75) is 26.3 Å². The predicted molar refractivity (Wildman–Crippen MR) is 80.8 cm³/mol. The largest absolute Gasteiger partial charge is 0.497 e. The summed E-state index contributed by atoms with van der Waals surface area (Å²) in [5, 5.41) is 11.8. The molecule has 0 radical (unpaired) electrons. The fraction of sp³-hybridized carbons (Fsp3) is 0.467. The van der Waals surface area contributed by atoms with Gasteiger partial charge in [-0.15, -0.1) is 0 Å². The highest BCUT2D eigenvalue weighted by Crippen LogP contribution is 2.20. The Kier molecular flexibility index (Phi) is 6.02. The van der Waals surface area contributed by atoms with Gasteiger partial charge in [0.05, 0.1) is 7.11 Å². The van der Waals surface area contributed by atoms with E-state index in [1.165, 1.54) is 4.90 Å². The molecule has 0 aliphatic carbocycles. The highest BCUT2D eigenvalue weighted by molar-refractivity contribution is 5.94. The lowest BCUT2D eigenvalue weighted by molar-refractivity contribution is -0.140. The molecule has 116 valence electrons. The Hall–Kier alpha value is -2.24. The number of aliphatic carboxylic acids is 1. The molecule has 1 aromatic rings. The maximum atomic E-state index is 12.2. The Morgan fingerprint density at radius 3 is 2.62 bits per heavy atom. The Morgan fingerprint density at radius 2 is 2.10 bits per heavy atom. The van der Waals surface area contributed by atoms with Crippen molar-refractivity contribution in [3.05, 3.63) is 24.3 Å². The van der Waals surface area contributed by atoms with Gasteiger partial charge in [-0.2, -0.15) is 0 Å². The second-order valence-electron chi connectivity index (χ2n) is 4.91. The van der Waals surface area contributed by atoms with Gasteiger partial charge in [0.25, 0.3) is 0 Å². The van der Waals surface area contributed by atoms with Crippen molar-refractivity contribution < 1.29 is 19.4 Å². The molecule has 1 rings (SSSR count). The minimum atomic E-state index is -1.03. The van der Waals surface area contributed by atoms with Crippen molar-refractivity contribution in [2.24, 2.45) is 5.92 Å². The number of methoxy groups -OCH3 is 1. The number of hydrogen-bond acceptors (Lipinski definition) is 3. The lowest BCUT2D eigenvalue weighted by atomic mass is 9.99. The summed E-state index contributed by atoms with van der Waals surface area (Å²) in [5.74, 6) is -0.550. The molecule has 2 atom stereocenters. The molecule has 0 aliphatic rings. The lowest BCUT2D eigenvalue weighted by Crippen LogP contribution is -2.49. The first kappa shape index (κ1) is 16.8. The normalized spacial score (nSPS) is 13.1. The number of rotatable bonds is 6. The third kappa shape index (κ3) is 4.37. The Balaban J connectivity index is 2.83. The van der Waals surface area contributed by atoms with Gasteiger partial charge in [0.2, 0.25) is 0 Å². The number of amides is 2. The van der Waals surface area contributed by atoms with Gasteiger partial charge in [-0.1, -0.05) is 26.3 Å². The molecule has 0 spiro atoms. The number of carbonyl (C=O) groups excluding carboxylic acids is 1. The molecule has 6 nitrogen and oxygen atoms in total. The molecule has 1 aromatic carbocycles. The fourth-order valence-electron chi connectivity index (χ4n) is 1.85. The van der Waals surface area contributed by atoms with Gasteiger partial charge in [0.15, 0.2) is 0 Å². The average Bonchev–Trinajstić information content (AvgIpc) is 2.50. The van der Waals surface area contributed by atoms with Crippen LogP contribution in [0.15, 0.2) is 24.3 Å². The minimum Gasteiger partial charge on any atom is -0.497 e. The maximum Gasteiger partial charge on any atom is 0.326 e. The first-order valence-corrected chi connectivity index (χ1v) is 6.81. The van der Waals surface area contributed by atoms with Crippen LogP contribution in [0, 0.1) is 5.92 Å². The van der Waals surface area contributed by atoms with E-state index in [4.69, 9.17) is 4.74 Å². The molecule has 6 heteroatoms. The second-order valence-corrected chi connectivity index (χ2v) is 4.91. The third-order valence-corrected chi connectivity index (χ3v) is 3.50. The predicted octanol–water partition coefficient (Wildman–Crippen LogP) is 2.34. The summed E-state index contributed by atoms with van der Waals surface area (Å²) in [5.41, 5.74) is 0.625. The van der Waals surface area contributed by atoms with E-state index in [0.29, 0.717) is 17.9 Å². The van der Waals surface area contributed by atoms with Crippen LogP contribution in [-0.2, 0) is 4.79 Å². The number of ether oxygens (including phenoxy) is 1. The highest BCUT2D eigenvalue weighted by atomic mass is 16.5. The molecular formula is C15H22N2O4. The van der Waals surface area contributed by atoms with Crippen molar-refractivity contribution in [3.8, 4) is 5.75 Å². The number of nitrogens with one attached hydrogen (secondary N) is 1. The summed E-state index contributed by atoms with van der Waals surface area (Å²) in [7, 11) is 3.13. The van der Waals surface area contributed by atoms with Crippen LogP contribution in [0.25, 0.3) is 0 Å². The van der Waals surface area contributed by atoms with E-state index in [0.717, 1.165) is 0 Å². The third-order valence-electron chi connectivity index (χ3n) is 3.50. The van der Waals surface area contributed by atoms with Gasteiger partial charge < -0.3 is 15.2 Å². The van der Waals surface area contributed by atoms with Crippen molar-refractivity contribution in [3.63, 3.8) is 0 Å². The zero-order chi connectivity index (χ0) is 16.0. The van der Waals surface area contributed by atoms with Crippen molar-refractivity contribution >= 4 is 17.7 Å². The molecule has 0 unspecified atom stereocenters. The zero-order valence-electron chi connectivity index (χ0n) is 12.8. The minimum absolute atomic E-state index is 0.148. The summed E-state index contributed by atoms with van der Waals surface area (Å²) in [6.07, 6.45) is 0.667. The number of anilines is 1. The summed E-state index contributed by atoms with van der Waals surface area (Å²) < 4.78 is 5.11. The SMILES string of the molecule is CC[C@H](C)[C@H](NC(=O)N(C)c1cccc(OC)c1)C(=O)O. The van der Waals surface area contributed by atoms with Crippen LogP contribution in [0.3, 0.4) is 0 Å². The molecule has 2 amide bonds. The second kappa shape index (κ2) is 7.52. The molecule has 0 aliphatic heterocycles. The molecule has 0 bridgehead atoms. The highest BCUT2D eigenvalue weighted by Gasteiger charge is 2.26. The van der Waals surface area contributed by atoms with Crippen LogP contribution in [-0.4, -0.2) is 37.3 Å². The van der Waals surface area contributed by atoms with E-state index >= 15 is 0 Å². The monoisotopic (exact) mass is 294 g/mol. The van der Waals surface area contributed by atoms with Crippen molar-refractivity contribution in [1.29, 1.82) is 0 Å². The molecular weight excluding hydrogens is 272 g/mol. The van der Waals surface area contributed by atoms with E-state index in [9.17, 15) is 14.7 Å². The number of carbonyl (C=O) groups is 2. The van der Waals surface area contributed by atoms with Gasteiger partial charge in [0.1, 0.15) is 11.8 Å². The quantitative estimate of drug-likeness (QED) is 0.844. The Morgan fingerprint density at radius 1 is 1.43 bits per heavy atom. The number of carboxylic acids is 1. The van der Waals surface area contributed by atoms with Gasteiger partial charge in [-0.25, -0.2) is 9.59 Å². The van der Waals surface area contributed by atoms with Gasteiger partial charge in [-0.05, 0) is 18.1 Å². The molecule has 0 saturated carbocycles. The Bertz CT molecular complexity index is 504. The molecule has 21 heavy (non-hydrogen) atoms. The standard InChI is InChI=1S/C15H22N2O4/c1-5-10(2)13(14(18)19)16-15(20)17(3)11-7-6-8-12(9-11)21-4/h6-10,13H,5H2,1-4H3,(H,16,20)(H,18,19)/t10-,13-/m0/s1. The van der Waals surface area contributed by atoms with E-state index in [1.54, 1.807) is 45.3 Å². The first-order chi connectivity index (χ1) is 9.90. The average molecular weight is 294 g/mol. The smallest absolute Gasteiger partial charge is 0.326 e. The van der Waals surface area contributed by atoms with Crippen LogP contribution in [0.4, 0.5) is 10.5 Å². The fourth-order valence-corrected chi connectivity index (χ4v) is 1.85. The topological polar surface area (TPSA) is 78.9 Å². The van der Waals surface area contributed by atoms with Gasteiger partial charge >= 0.3 is 12.0 Å². The molecule has 0 heterocycles. The lowest BCUT2D eigenvalue weighted by Gasteiger charge is -2.24. The number of carboxylic acid groups (broad SMARTS) is 1. The first-order valence-electron chi connectivity index (χ1n) is 6.81. The molecule has 2 N–H and O–H groups in total. The number of benzene rings is 1. The zero-order valence-corrected chi connectivity index (χ0v) is 12.8. The van der Waals surface area contributed by atoms with Crippen LogP contribution in [0.2, 0.25) is 0 Å². The summed E-state index contributed by atoms with van der Waals surface area (Å²) in [4.78, 5) is 24.8. The van der Waals surface area contributed by atoms with Crippen LogP contribution < -0.4 is 15.0 Å². The molecule has 0 fully saturated rings. The number of nitrogens with zero attached hydrogens (tertiary/aromatic N) is 1. The van der Waals surface area contributed by atoms with Crippen LogP contribution in [0.5, 0.6) is 5.75 Å². The Labute approximate surface area is 124 Å². The van der Waals surface area contributed by atoms with E-state index in [-0.39, 0.29) is 5.92 Å². The van der Waals surface area contributed by atoms with E-state index < -0.39 is 18.0 Å². The van der Waals surface area contributed by atoms with Gasteiger partial charge in [0, 0.05) is 18.8 Å². The van der Waals surface area contributed by atoms with Crippen molar-refractivity contribution in [1.82, 2.24) is 5.32 Å². The summed E-state index contributed by atoms with van der Waals surface area (Å²) >= 11 is 0. The number of urea groups is 1. The van der Waals surface area contributed by atoms with Crippen LogP contribution in [0.1, 0.15) is 20.3 Å². The number of hydrogen-bond donors (Lipinski definition) is 2. The van der Waals surface area contributed by atoms with Crippen LogP contribution >= 0.6 is 0 Å². The van der Waals surface area contributed by atoms with E-state index in [2.05, 4.69) is 5.32 Å². The van der Waals surface area contributed by atoms with Crippen molar-refractivity contribution in [2.75, 3.05) is 19.1 Å². The summed E-state index contributed by atoms with van der Waals surface area (Å²) in [6, 6.07) is 5.63. The molecule has 0 aromatic heterocycles. The maximum absolute atomic E-state index is 12.2.